The Morgan fingerprint density at radius 1 is 0.430 bits per heavy atom. The highest BCUT2D eigenvalue weighted by Crippen LogP contribution is 2.34. The summed E-state index contributed by atoms with van der Waals surface area (Å²) in [7, 11) is 0. The molecule has 8 rings (SSSR count). The predicted molar refractivity (Wildman–Crippen MR) is 396 cm³/mol. The Hall–Kier alpha value is -8.54. The molecule has 4 aromatic heterocycles. The summed E-state index contributed by atoms with van der Waals surface area (Å²) in [4.78, 5) is 104. The van der Waals surface area contributed by atoms with Crippen molar-refractivity contribution < 1.29 is 52.8 Å². The van der Waals surface area contributed by atoms with E-state index in [9.17, 15) is 33.9 Å². The number of carbonyl (C=O) groups is 6. The van der Waals surface area contributed by atoms with Crippen LogP contribution in [0.3, 0.4) is 0 Å². The van der Waals surface area contributed by atoms with Gasteiger partial charge in [0.25, 0.3) is 11.8 Å². The second kappa shape index (κ2) is 33.3. The monoisotopic (exact) mass is 1460 g/mol. The topological polar surface area (TPSA) is 259 Å². The lowest BCUT2D eigenvalue weighted by Crippen LogP contribution is -2.55. The van der Waals surface area contributed by atoms with Crippen LogP contribution in [0.15, 0.2) is 163 Å². The van der Waals surface area contributed by atoms with Crippen LogP contribution in [-0.2, 0) is 61.8 Å². The first-order valence-corrected chi connectivity index (χ1v) is 35.5. The third-order valence-electron chi connectivity index (χ3n) is 14.7. The number of benzene rings is 4. The number of aromatic hydroxyl groups is 1. The summed E-state index contributed by atoms with van der Waals surface area (Å²) in [6, 6.07) is 36.0. The number of esters is 2. The predicted octanol–water partition coefficient (Wildman–Crippen LogP) is 14.9. The summed E-state index contributed by atoms with van der Waals surface area (Å²) < 4.78 is 25.3. The Labute approximate surface area is 604 Å². The van der Waals surface area contributed by atoms with Crippen molar-refractivity contribution in [2.75, 3.05) is 0 Å². The number of aromatic nitrogens is 4. The quantitative estimate of drug-likeness (QED) is 0.0395. The van der Waals surface area contributed by atoms with E-state index >= 15 is 0 Å². The zero-order valence-corrected chi connectivity index (χ0v) is 63.6. The van der Waals surface area contributed by atoms with Crippen molar-refractivity contribution >= 4 is 74.2 Å². The van der Waals surface area contributed by atoms with Crippen molar-refractivity contribution in [3.05, 3.63) is 204 Å². The van der Waals surface area contributed by atoms with Crippen molar-refractivity contribution in [1.29, 1.82) is 0 Å². The summed E-state index contributed by atoms with van der Waals surface area (Å²) in [6.07, 6.45) is 4.45. The second-order valence-electron chi connectivity index (χ2n) is 30.3. The van der Waals surface area contributed by atoms with Gasteiger partial charge in [0.05, 0.1) is 37.8 Å². The fraction of sp³-hybridized carbons (Fsp3) is 0.410. The Morgan fingerprint density at radius 3 is 1.06 bits per heavy atom. The lowest BCUT2D eigenvalue weighted by atomic mass is 9.95. The smallest absolute Gasteiger partial charge is 0.332 e. The Bertz CT molecular complexity index is 3770. The molecule has 8 aromatic rings. The average molecular weight is 1460 g/mol. The molecule has 4 unspecified atom stereocenters. The Morgan fingerprint density at radius 2 is 0.760 bits per heavy atom. The SMILES string of the molecule is CC(C)(C)OC(=O)C(NC(=O)[C@H](Cc1ccc(-c2ncc(Br)cn2)cc1)NC(=O)c1ccc(C(C)(C)C)s1)C(OC(C)(C)C)c1ccccc1.CC(C)(C)OC(=O)C(NC(=O)[C@H](Cc1ccc(-c2ncc(O)cn2)cc1)NC(=O)c1ccc(C(C)(C)C)s1)C(OC(C)(C)C)c1ccccc1. The minimum Gasteiger partial charge on any atom is -0.505 e. The van der Waals surface area contributed by atoms with Gasteiger partial charge in [-0.2, -0.15) is 0 Å². The molecule has 5 N–H and O–H groups in total. The van der Waals surface area contributed by atoms with Crippen molar-refractivity contribution in [1.82, 2.24) is 41.2 Å². The van der Waals surface area contributed by atoms with Crippen LogP contribution in [-0.4, -0.2) is 107 Å². The molecule has 0 aliphatic heterocycles. The van der Waals surface area contributed by atoms with Gasteiger partial charge in [-0.15, -0.1) is 22.7 Å². The fourth-order valence-corrected chi connectivity index (χ4v) is 12.2. The molecule has 0 aliphatic carbocycles. The molecule has 0 aliphatic rings. The lowest BCUT2D eigenvalue weighted by molar-refractivity contribution is -0.168. The average Bonchev–Trinajstić information content (AvgIpc) is 1.11. The summed E-state index contributed by atoms with van der Waals surface area (Å²) >= 11 is 6.12. The van der Waals surface area contributed by atoms with Crippen LogP contribution in [0.1, 0.15) is 188 Å². The minimum absolute atomic E-state index is 0.0394. The van der Waals surface area contributed by atoms with Gasteiger partial charge in [0.2, 0.25) is 11.8 Å². The highest BCUT2D eigenvalue weighted by molar-refractivity contribution is 9.10. The molecule has 19 nitrogen and oxygen atoms in total. The van der Waals surface area contributed by atoms with Crippen LogP contribution in [0.25, 0.3) is 22.8 Å². The molecule has 4 heterocycles. The molecule has 100 heavy (non-hydrogen) atoms. The first kappa shape index (κ1) is 78.8. The van der Waals surface area contributed by atoms with Crippen molar-refractivity contribution in [2.45, 2.75) is 207 Å². The van der Waals surface area contributed by atoms with Gasteiger partial charge in [-0.05, 0) is 156 Å². The highest BCUT2D eigenvalue weighted by atomic mass is 79.9. The van der Waals surface area contributed by atoms with Gasteiger partial charge in [0.15, 0.2) is 29.5 Å². The number of nitrogens with zero attached hydrogens (tertiary/aromatic N) is 4. The molecule has 22 heteroatoms. The second-order valence-corrected chi connectivity index (χ2v) is 33.4. The first-order chi connectivity index (χ1) is 46.6. The van der Waals surface area contributed by atoms with Gasteiger partial charge < -0.3 is 45.3 Å². The zero-order chi connectivity index (χ0) is 73.7. The van der Waals surface area contributed by atoms with Gasteiger partial charge in [-0.25, -0.2) is 29.5 Å². The number of carbonyl (C=O) groups excluding carboxylic acids is 6. The number of thiophene rings is 2. The Kier molecular flexibility index (Phi) is 26.2. The van der Waals surface area contributed by atoms with Crippen molar-refractivity contribution in [3.8, 4) is 28.5 Å². The highest BCUT2D eigenvalue weighted by Gasteiger charge is 2.42. The summed E-state index contributed by atoms with van der Waals surface area (Å²) in [5.74, 6) is -2.30. The molecule has 4 amide bonds. The van der Waals surface area contributed by atoms with Crippen molar-refractivity contribution in [3.63, 3.8) is 0 Å². The third kappa shape index (κ3) is 24.4. The first-order valence-electron chi connectivity index (χ1n) is 33.1. The van der Waals surface area contributed by atoms with Gasteiger partial charge in [-0.1, -0.05) is 151 Å². The molecule has 0 radical (unpaired) electrons. The molecule has 0 fully saturated rings. The van der Waals surface area contributed by atoms with E-state index in [4.69, 9.17) is 18.9 Å². The molecule has 532 valence electrons. The molecule has 6 atom stereocenters. The maximum Gasteiger partial charge on any atom is 0.332 e. The number of nitrogens with one attached hydrogen (secondary N) is 4. The van der Waals surface area contributed by atoms with E-state index in [1.165, 1.54) is 35.1 Å². The molecule has 0 saturated carbocycles. The number of ether oxygens (including phenoxy) is 4. The Balaban J connectivity index is 0.000000281. The van der Waals surface area contributed by atoms with Crippen LogP contribution in [0.5, 0.6) is 5.75 Å². The van der Waals surface area contributed by atoms with Crippen LogP contribution in [0.2, 0.25) is 0 Å². The number of halogens is 1. The van der Waals surface area contributed by atoms with E-state index < -0.39 is 88.4 Å². The van der Waals surface area contributed by atoms with Gasteiger partial charge >= 0.3 is 11.9 Å². The van der Waals surface area contributed by atoms with Gasteiger partial charge in [0.1, 0.15) is 35.5 Å². The maximum absolute atomic E-state index is 14.4. The lowest BCUT2D eigenvalue weighted by Gasteiger charge is -2.35. The third-order valence-corrected chi connectivity index (χ3v) is 18.1. The number of rotatable bonds is 22. The van der Waals surface area contributed by atoms with E-state index in [0.717, 1.165) is 30.9 Å². The van der Waals surface area contributed by atoms with E-state index in [1.54, 1.807) is 78.2 Å². The largest absolute Gasteiger partial charge is 0.505 e. The van der Waals surface area contributed by atoms with Gasteiger partial charge in [0, 0.05) is 46.1 Å². The van der Waals surface area contributed by atoms with Gasteiger partial charge in [-0.3, -0.25) is 19.2 Å². The van der Waals surface area contributed by atoms with Crippen LogP contribution >= 0.6 is 38.6 Å². The van der Waals surface area contributed by atoms with Crippen LogP contribution in [0.4, 0.5) is 0 Å². The fourth-order valence-electron chi connectivity index (χ4n) is 10.0. The molecular weight excluding hydrogens is 1370 g/mol. The van der Waals surface area contributed by atoms with Crippen LogP contribution < -0.4 is 21.3 Å². The van der Waals surface area contributed by atoms with E-state index in [1.807, 2.05) is 151 Å². The molecule has 4 aromatic carbocycles. The molecule has 0 bridgehead atoms. The summed E-state index contributed by atoms with van der Waals surface area (Å²) in [5.41, 5.74) is 1.08. The minimum atomic E-state index is -1.24. The molecular formula is C78H95BrN8O11S2. The van der Waals surface area contributed by atoms with Crippen molar-refractivity contribution in [2.24, 2.45) is 0 Å². The van der Waals surface area contributed by atoms with Crippen LogP contribution in [0, 0.1) is 0 Å². The summed E-state index contributed by atoms with van der Waals surface area (Å²) in [6.45, 7) is 34.3. The molecule has 0 saturated heterocycles. The summed E-state index contributed by atoms with van der Waals surface area (Å²) in [5, 5.41) is 21.3. The normalized spacial score (nSPS) is 13.9. The number of hydrogen-bond acceptors (Lipinski definition) is 17. The maximum atomic E-state index is 14.4. The number of hydrogen-bond donors (Lipinski definition) is 5. The zero-order valence-electron chi connectivity index (χ0n) is 60.4. The van der Waals surface area contributed by atoms with E-state index in [0.29, 0.717) is 38.1 Å². The van der Waals surface area contributed by atoms with E-state index in [-0.39, 0.29) is 35.3 Å². The van der Waals surface area contributed by atoms with E-state index in [2.05, 4.69) is 98.7 Å². The number of amides is 4. The standard InChI is InChI=1S/C39H47BrN4O5S.C39H48N4O6S/c1-37(2,3)30-20-19-29(50-30)35(46)43-28(21-24-15-17-26(18-16-24)33-41-22-27(40)23-42-33)34(45)44-31(36(47)49-39(7,8)9)32(48-38(4,5)6)25-13-11-10-12-14-25;1-37(2,3)30-20-19-29(50-30)35(46)42-28(21-24-15-17-26(18-16-24)33-40-22-27(44)23-41-33)34(45)43-31(36(47)49-39(7,8)9)32(48-38(4,5)6)25-13-11-10-12-14-25/h10-20,22-23,28,31-32H,21H2,1-9H3,(H,43,46)(H,44,45);10-20,22-23,28,31-32,44H,21H2,1-9H3,(H,42,46)(H,43,45)/t2*28-,31?,32?/m00/s1. The molecule has 0 spiro atoms.